The number of hydrazine groups is 1. The number of oxazole rings is 2. The summed E-state index contributed by atoms with van der Waals surface area (Å²) >= 11 is 0. The number of pyridine rings is 2. The van der Waals surface area contributed by atoms with Crippen molar-refractivity contribution in [2.75, 3.05) is 45.1 Å². The van der Waals surface area contributed by atoms with Crippen LogP contribution >= 0.6 is 0 Å². The van der Waals surface area contributed by atoms with Crippen molar-refractivity contribution in [3.05, 3.63) is 85.1 Å². The second-order valence-corrected chi connectivity index (χ2v) is 15.2. The molecule has 19 nitrogen and oxygen atoms in total. The number of anilines is 2. The fraction of sp³-hybridized carbons (Fsp3) is 0.400. The molecule has 5 N–H and O–H groups in total. The summed E-state index contributed by atoms with van der Waals surface area (Å²) in [5, 5.41) is 14.2. The highest BCUT2D eigenvalue weighted by Gasteiger charge is 2.17. The monoisotopic (exact) mass is 878 g/mol. The Kier molecular flexibility index (Phi) is 16.4. The maximum atomic E-state index is 11.6. The Morgan fingerprint density at radius 3 is 1.69 bits per heavy atom. The van der Waals surface area contributed by atoms with Crippen LogP contribution in [0.4, 0.5) is 12.0 Å². The topological polar surface area (TPSA) is 242 Å². The number of nitrogens with one attached hydrogen (secondary N) is 3. The Morgan fingerprint density at radius 1 is 0.688 bits per heavy atom. The predicted octanol–water partition coefficient (Wildman–Crippen LogP) is 8.88. The van der Waals surface area contributed by atoms with Crippen LogP contribution in [0.1, 0.15) is 74.7 Å². The van der Waals surface area contributed by atoms with Crippen molar-refractivity contribution in [2.24, 2.45) is 17.7 Å². The number of carbonyl (C=O) groups excluding carboxylic acids is 1. The molecule has 0 saturated heterocycles. The van der Waals surface area contributed by atoms with E-state index in [1.54, 1.807) is 36.5 Å². The lowest BCUT2D eigenvalue weighted by atomic mass is 9.89. The summed E-state index contributed by atoms with van der Waals surface area (Å²) in [6, 6.07) is 18.8. The van der Waals surface area contributed by atoms with E-state index in [2.05, 4.69) is 55.0 Å². The molecular weight excluding hydrogens is 825 g/mol. The normalized spacial score (nSPS) is 14.3. The van der Waals surface area contributed by atoms with Gasteiger partial charge in [0, 0.05) is 71.1 Å². The van der Waals surface area contributed by atoms with Gasteiger partial charge in [0.25, 0.3) is 30.3 Å². The van der Waals surface area contributed by atoms with Crippen molar-refractivity contribution in [1.82, 2.24) is 35.6 Å². The van der Waals surface area contributed by atoms with Crippen LogP contribution in [0.25, 0.3) is 33.8 Å². The fourth-order valence-electron chi connectivity index (χ4n) is 7.44. The maximum absolute atomic E-state index is 11.6. The summed E-state index contributed by atoms with van der Waals surface area (Å²) in [6.45, 7) is 1.28. The van der Waals surface area contributed by atoms with Crippen molar-refractivity contribution < 1.29 is 41.7 Å². The van der Waals surface area contributed by atoms with Gasteiger partial charge >= 0.3 is 0 Å². The van der Waals surface area contributed by atoms with E-state index >= 15 is 0 Å². The molecule has 0 atom stereocenters. The lowest BCUT2D eigenvalue weighted by molar-refractivity contribution is -0.252. The minimum absolute atomic E-state index is 0.176. The van der Waals surface area contributed by atoms with Gasteiger partial charge in [-0.25, -0.2) is 5.84 Å². The third-order valence-electron chi connectivity index (χ3n) is 10.7. The Balaban J connectivity index is 0.000000167. The van der Waals surface area contributed by atoms with Crippen LogP contribution in [0.15, 0.2) is 92.7 Å². The summed E-state index contributed by atoms with van der Waals surface area (Å²) in [4.78, 5) is 28.8. The minimum atomic E-state index is -0.514. The zero-order chi connectivity index (χ0) is 44.5. The van der Waals surface area contributed by atoms with Crippen molar-refractivity contribution in [3.8, 4) is 34.6 Å². The highest BCUT2D eigenvalue weighted by molar-refractivity contribution is 5.92. The summed E-state index contributed by atoms with van der Waals surface area (Å²) in [5.74, 6) is 8.71. The van der Waals surface area contributed by atoms with E-state index in [0.717, 1.165) is 24.1 Å². The van der Waals surface area contributed by atoms with Crippen LogP contribution in [-0.4, -0.2) is 76.9 Å². The minimum Gasteiger partial charge on any atom is -0.457 e. The molecule has 7 aromatic rings. The van der Waals surface area contributed by atoms with E-state index in [0.29, 0.717) is 69.6 Å². The smallest absolute Gasteiger partial charge is 0.295 e. The number of carbonyl (C=O) groups is 1. The molecule has 0 aliphatic heterocycles. The molecule has 0 unspecified atom stereocenters. The molecule has 9 rings (SSSR count). The number of methoxy groups -OCH3 is 3. The van der Waals surface area contributed by atoms with E-state index in [1.807, 2.05) is 29.7 Å². The van der Waals surface area contributed by atoms with Gasteiger partial charge in [0.15, 0.2) is 11.2 Å². The van der Waals surface area contributed by atoms with E-state index in [4.69, 9.17) is 28.6 Å². The average Bonchev–Trinajstić information content (AvgIpc) is 4.13. The summed E-state index contributed by atoms with van der Waals surface area (Å²) in [6.07, 6.45) is 17.4. The molecular formula is C45H54N10O9. The largest absolute Gasteiger partial charge is 0.457 e. The quantitative estimate of drug-likeness (QED) is 0.0325. The molecule has 0 spiro atoms. The molecule has 1 amide bonds. The first-order valence-electron chi connectivity index (χ1n) is 21.3. The molecule has 0 radical (unpaired) electrons. The first kappa shape index (κ1) is 45.4. The molecule has 2 aliphatic carbocycles. The van der Waals surface area contributed by atoms with E-state index in [-0.39, 0.29) is 5.69 Å². The molecule has 2 saturated carbocycles. The number of nitrogens with zero attached hydrogens (tertiary/aromatic N) is 6. The molecule has 64 heavy (non-hydrogen) atoms. The Bertz CT molecular complexity index is 2490. The van der Waals surface area contributed by atoms with Gasteiger partial charge in [-0.1, -0.05) is 38.5 Å². The SMILES string of the molecule is COC(OC)OC.NNC(=O)c1cc(Oc2ccc3nc(NCC4CCCCC4)oc3c2)ccn1.c1cc(Oc2ccc3nc(NCC4CCCCC4)oc3c2)cc(-c2nnco2)n1. The molecule has 2 aliphatic rings. The average molecular weight is 879 g/mol. The van der Waals surface area contributed by atoms with Gasteiger partial charge in [-0.15, -0.1) is 10.2 Å². The fourth-order valence-corrected chi connectivity index (χ4v) is 7.44. The summed E-state index contributed by atoms with van der Waals surface area (Å²) < 4.78 is 42.5. The number of nitrogens with two attached hydrogens (primary N) is 1. The van der Waals surface area contributed by atoms with E-state index in [9.17, 15) is 4.79 Å². The molecule has 5 heterocycles. The molecule has 5 aromatic heterocycles. The number of hydrogen-bond donors (Lipinski definition) is 4. The summed E-state index contributed by atoms with van der Waals surface area (Å²) in [5.41, 5.74) is 5.65. The van der Waals surface area contributed by atoms with Crippen LogP contribution < -0.4 is 31.4 Å². The van der Waals surface area contributed by atoms with Crippen LogP contribution in [0.2, 0.25) is 0 Å². The molecule has 19 heteroatoms. The van der Waals surface area contributed by atoms with Crippen molar-refractivity contribution in [2.45, 2.75) is 70.7 Å². The van der Waals surface area contributed by atoms with Gasteiger partial charge in [0.2, 0.25) is 6.39 Å². The van der Waals surface area contributed by atoms with E-state index < -0.39 is 12.4 Å². The lowest BCUT2D eigenvalue weighted by Gasteiger charge is -2.21. The van der Waals surface area contributed by atoms with Crippen LogP contribution in [-0.2, 0) is 14.2 Å². The first-order valence-corrected chi connectivity index (χ1v) is 21.3. The summed E-state index contributed by atoms with van der Waals surface area (Å²) in [7, 11) is 4.53. The highest BCUT2D eigenvalue weighted by Crippen LogP contribution is 2.31. The maximum Gasteiger partial charge on any atom is 0.295 e. The number of amides is 1. The van der Waals surface area contributed by atoms with Gasteiger partial charge in [-0.2, -0.15) is 9.97 Å². The zero-order valence-electron chi connectivity index (χ0n) is 36.2. The van der Waals surface area contributed by atoms with Gasteiger partial charge < -0.3 is 47.6 Å². The van der Waals surface area contributed by atoms with Crippen molar-refractivity contribution in [1.29, 1.82) is 0 Å². The van der Waals surface area contributed by atoms with Gasteiger partial charge in [-0.3, -0.25) is 20.2 Å². The van der Waals surface area contributed by atoms with Gasteiger partial charge in [-0.05, 0) is 73.9 Å². The first-order chi connectivity index (χ1) is 31.4. The van der Waals surface area contributed by atoms with Crippen molar-refractivity contribution in [3.63, 3.8) is 0 Å². The Hall–Kier alpha value is -6.67. The molecule has 2 fully saturated rings. The third-order valence-corrected chi connectivity index (χ3v) is 10.7. The van der Waals surface area contributed by atoms with Gasteiger partial charge in [0.1, 0.15) is 45.4 Å². The Morgan fingerprint density at radius 2 is 1.20 bits per heavy atom. The number of fused-ring (bicyclic) bond motifs is 2. The number of benzene rings is 2. The zero-order valence-corrected chi connectivity index (χ0v) is 36.2. The number of hydrogen-bond acceptors (Lipinski definition) is 18. The molecule has 0 bridgehead atoms. The second-order valence-electron chi connectivity index (χ2n) is 15.2. The molecule has 338 valence electrons. The number of rotatable bonds is 15. The molecule has 2 aromatic carbocycles. The lowest BCUT2D eigenvalue weighted by Crippen LogP contribution is -2.30. The number of ether oxygens (including phenoxy) is 5. The highest BCUT2D eigenvalue weighted by atomic mass is 16.8. The van der Waals surface area contributed by atoms with E-state index in [1.165, 1.54) is 104 Å². The van der Waals surface area contributed by atoms with Crippen LogP contribution in [0.5, 0.6) is 23.0 Å². The standard InChI is InChI=1S/C21H21N5O3.C20H23N5O3.C4H10O3/c1-2-4-14(5-3-1)12-23-21-25-17-7-6-15(11-19(17)29-21)28-16-8-9-22-18(10-16)20-26-24-13-27-20;21-25-19(26)17-10-15(8-9-22-17)27-14-6-7-16-18(11-14)28-20(24-16)23-12-13-4-2-1-3-5-13;1-5-4(6-2)7-3/h6-11,13-14H,1-5,12H2,(H,23,25);6-11,13H,1-5,12,21H2,(H,23,24)(H,25,26);4H,1-3H3. The number of aromatic nitrogens is 6. The second kappa shape index (κ2) is 23.1. The van der Waals surface area contributed by atoms with Crippen LogP contribution in [0, 0.1) is 11.8 Å². The Labute approximate surface area is 369 Å². The predicted molar refractivity (Wildman–Crippen MR) is 237 cm³/mol. The number of nitrogen functional groups attached to an aromatic ring is 1. The van der Waals surface area contributed by atoms with Crippen molar-refractivity contribution >= 4 is 40.1 Å². The third kappa shape index (κ3) is 12.9. The van der Waals surface area contributed by atoms with Gasteiger partial charge in [0.05, 0.1) is 0 Å². The van der Waals surface area contributed by atoms with Crippen LogP contribution in [0.3, 0.4) is 0 Å².